The molecule has 36 heavy (non-hydrogen) atoms. The number of nitro groups is 1. The lowest BCUT2D eigenvalue weighted by atomic mass is 10.2. The second-order valence-electron chi connectivity index (χ2n) is 7.50. The Morgan fingerprint density at radius 3 is 2.31 bits per heavy atom. The first kappa shape index (κ1) is 26.2. The Kier molecular flexibility index (Phi) is 8.22. The highest BCUT2D eigenvalue weighted by molar-refractivity contribution is 7.92. The van der Waals surface area contributed by atoms with E-state index in [4.69, 9.17) is 9.47 Å². The molecule has 1 amide bonds. The number of rotatable bonds is 10. The fourth-order valence-electron chi connectivity index (χ4n) is 3.16. The number of carbonyl (C=O) groups excluding carboxylic acids is 1. The first-order valence-corrected chi connectivity index (χ1v) is 12.0. The summed E-state index contributed by atoms with van der Waals surface area (Å²) in [5, 5.41) is 14.6. The van der Waals surface area contributed by atoms with Crippen LogP contribution >= 0.6 is 0 Å². The van der Waals surface area contributed by atoms with Crippen molar-refractivity contribution in [1.29, 1.82) is 0 Å². The van der Waals surface area contributed by atoms with Crippen LogP contribution < -0.4 is 19.2 Å². The number of anilines is 1. The number of hydrazone groups is 1. The molecule has 0 aliphatic carbocycles. The number of non-ortho nitro benzene ring substituents is 1. The molecule has 0 radical (unpaired) electrons. The zero-order valence-corrected chi connectivity index (χ0v) is 20.6. The Balaban J connectivity index is 1.90. The van der Waals surface area contributed by atoms with Crippen LogP contribution in [0.5, 0.6) is 11.5 Å². The van der Waals surface area contributed by atoms with E-state index in [1.807, 2.05) is 6.92 Å². The van der Waals surface area contributed by atoms with E-state index >= 15 is 0 Å². The number of methoxy groups -OCH3 is 2. The van der Waals surface area contributed by atoms with Gasteiger partial charge >= 0.3 is 0 Å². The van der Waals surface area contributed by atoms with E-state index in [1.165, 1.54) is 69.0 Å². The van der Waals surface area contributed by atoms with Crippen molar-refractivity contribution in [1.82, 2.24) is 5.43 Å². The van der Waals surface area contributed by atoms with Gasteiger partial charge in [0.05, 0.1) is 35.9 Å². The number of hydrogen-bond donors (Lipinski definition) is 1. The number of carbonyl (C=O) groups is 1. The van der Waals surface area contributed by atoms with E-state index in [0.717, 1.165) is 9.87 Å². The number of sulfonamides is 1. The minimum Gasteiger partial charge on any atom is -0.497 e. The summed E-state index contributed by atoms with van der Waals surface area (Å²) in [6, 6.07) is 16.3. The minimum atomic E-state index is -4.19. The molecule has 12 heteroatoms. The van der Waals surface area contributed by atoms with Crippen LogP contribution in [0.25, 0.3) is 0 Å². The van der Waals surface area contributed by atoms with Gasteiger partial charge in [0.2, 0.25) is 0 Å². The Morgan fingerprint density at radius 1 is 1.06 bits per heavy atom. The Bertz CT molecular complexity index is 1370. The van der Waals surface area contributed by atoms with Crippen LogP contribution in [-0.4, -0.2) is 46.2 Å². The van der Waals surface area contributed by atoms with E-state index in [2.05, 4.69) is 10.5 Å². The third-order valence-corrected chi connectivity index (χ3v) is 6.83. The number of benzene rings is 3. The summed E-state index contributed by atoms with van der Waals surface area (Å²) in [5.74, 6) is -0.145. The molecule has 0 unspecified atom stereocenters. The fraction of sp³-hybridized carbons (Fsp3) is 0.167. The van der Waals surface area contributed by atoms with Gasteiger partial charge in [0.25, 0.3) is 21.6 Å². The van der Waals surface area contributed by atoms with Crippen LogP contribution in [0.1, 0.15) is 11.1 Å². The van der Waals surface area contributed by atoms with Crippen molar-refractivity contribution in [2.45, 2.75) is 11.8 Å². The number of nitro benzene ring substituents is 1. The van der Waals surface area contributed by atoms with Crippen molar-refractivity contribution in [3.05, 3.63) is 88.0 Å². The average molecular weight is 513 g/mol. The molecule has 0 heterocycles. The van der Waals surface area contributed by atoms with Gasteiger partial charge in [-0.15, -0.1) is 0 Å². The summed E-state index contributed by atoms with van der Waals surface area (Å²) in [4.78, 5) is 23.0. The topological polar surface area (TPSA) is 140 Å². The molecule has 0 bridgehead atoms. The standard InChI is InChI=1S/C24H24N4O7S/c1-17-4-11-21(12-5-17)36(32,33)27(22-14-20(34-2)10-13-23(22)35-3)16-24(29)26-25-15-18-6-8-19(9-7-18)28(30)31/h4-15H,16H2,1-3H3,(H,26,29)/b25-15-. The van der Waals surface area contributed by atoms with Crippen molar-refractivity contribution in [2.75, 3.05) is 25.1 Å². The Hall–Kier alpha value is -4.45. The first-order valence-electron chi connectivity index (χ1n) is 10.5. The van der Waals surface area contributed by atoms with E-state index in [1.54, 1.807) is 18.2 Å². The number of ether oxygens (including phenoxy) is 2. The van der Waals surface area contributed by atoms with Crippen molar-refractivity contribution in [2.24, 2.45) is 5.10 Å². The summed E-state index contributed by atoms with van der Waals surface area (Å²) >= 11 is 0. The molecule has 3 rings (SSSR count). The number of nitrogens with zero attached hydrogens (tertiary/aromatic N) is 3. The van der Waals surface area contributed by atoms with Gasteiger partial charge in [-0.25, -0.2) is 13.8 Å². The van der Waals surface area contributed by atoms with Crippen molar-refractivity contribution in [3.63, 3.8) is 0 Å². The predicted octanol–water partition coefficient (Wildman–Crippen LogP) is 3.27. The molecule has 0 spiro atoms. The van der Waals surface area contributed by atoms with Crippen LogP contribution in [-0.2, 0) is 14.8 Å². The lowest BCUT2D eigenvalue weighted by molar-refractivity contribution is -0.384. The van der Waals surface area contributed by atoms with Gasteiger partial charge in [0, 0.05) is 18.2 Å². The summed E-state index contributed by atoms with van der Waals surface area (Å²) in [7, 11) is -1.37. The molecule has 1 N–H and O–H groups in total. The summed E-state index contributed by atoms with van der Waals surface area (Å²) in [6.45, 7) is 1.22. The maximum absolute atomic E-state index is 13.6. The molecular weight excluding hydrogens is 488 g/mol. The molecule has 0 atom stereocenters. The van der Waals surface area contributed by atoms with Crippen molar-refractivity contribution < 1.29 is 27.6 Å². The molecule has 0 aliphatic rings. The van der Waals surface area contributed by atoms with Crippen molar-refractivity contribution in [3.8, 4) is 11.5 Å². The number of amides is 1. The van der Waals surface area contributed by atoms with E-state index in [9.17, 15) is 23.3 Å². The third kappa shape index (κ3) is 6.16. The predicted molar refractivity (Wildman–Crippen MR) is 134 cm³/mol. The van der Waals surface area contributed by atoms with Crippen LogP contribution in [0.2, 0.25) is 0 Å². The molecule has 0 aromatic heterocycles. The molecule has 11 nitrogen and oxygen atoms in total. The zero-order chi connectivity index (χ0) is 26.3. The largest absolute Gasteiger partial charge is 0.497 e. The molecule has 0 saturated heterocycles. The number of aryl methyl sites for hydroxylation is 1. The molecular formula is C24H24N4O7S. The summed E-state index contributed by atoms with van der Waals surface area (Å²) in [5.41, 5.74) is 3.68. The third-order valence-electron chi connectivity index (χ3n) is 5.06. The zero-order valence-electron chi connectivity index (χ0n) is 19.7. The van der Waals surface area contributed by atoms with E-state index in [0.29, 0.717) is 11.3 Å². The monoisotopic (exact) mass is 512 g/mol. The Labute approximate surface area is 208 Å². The normalized spacial score (nSPS) is 11.2. The van der Waals surface area contributed by atoms with Crippen LogP contribution in [0.4, 0.5) is 11.4 Å². The molecule has 0 aliphatic heterocycles. The van der Waals surface area contributed by atoms with Gasteiger partial charge in [0.15, 0.2) is 0 Å². The lowest BCUT2D eigenvalue weighted by Gasteiger charge is -2.25. The fourth-order valence-corrected chi connectivity index (χ4v) is 4.58. The smallest absolute Gasteiger partial charge is 0.269 e. The maximum atomic E-state index is 13.6. The minimum absolute atomic E-state index is 0.0137. The van der Waals surface area contributed by atoms with Crippen LogP contribution in [0.3, 0.4) is 0 Å². The highest BCUT2D eigenvalue weighted by atomic mass is 32.2. The quantitative estimate of drug-likeness (QED) is 0.250. The molecule has 0 fully saturated rings. The highest BCUT2D eigenvalue weighted by Gasteiger charge is 2.30. The van der Waals surface area contributed by atoms with Gasteiger partial charge in [-0.1, -0.05) is 17.7 Å². The second kappa shape index (κ2) is 11.3. The molecule has 3 aromatic carbocycles. The van der Waals surface area contributed by atoms with Crippen LogP contribution in [0, 0.1) is 17.0 Å². The Morgan fingerprint density at radius 2 is 1.72 bits per heavy atom. The average Bonchev–Trinajstić information content (AvgIpc) is 2.87. The van der Waals surface area contributed by atoms with E-state index in [-0.39, 0.29) is 22.0 Å². The van der Waals surface area contributed by atoms with Gasteiger partial charge in [-0.05, 0) is 48.9 Å². The van der Waals surface area contributed by atoms with Crippen molar-refractivity contribution >= 4 is 33.5 Å². The SMILES string of the molecule is COc1ccc(OC)c(N(CC(=O)N/N=C\c2ccc([N+](=O)[O-])cc2)S(=O)(=O)c2ccc(C)cc2)c1. The van der Waals surface area contributed by atoms with Gasteiger partial charge in [-0.3, -0.25) is 19.2 Å². The summed E-state index contributed by atoms with van der Waals surface area (Å²) in [6.07, 6.45) is 1.28. The first-order chi connectivity index (χ1) is 17.1. The van der Waals surface area contributed by atoms with Gasteiger partial charge < -0.3 is 9.47 Å². The lowest BCUT2D eigenvalue weighted by Crippen LogP contribution is -2.39. The van der Waals surface area contributed by atoms with E-state index < -0.39 is 27.4 Å². The van der Waals surface area contributed by atoms with Gasteiger partial charge in [-0.2, -0.15) is 5.10 Å². The van der Waals surface area contributed by atoms with Crippen LogP contribution in [0.15, 0.2) is 76.7 Å². The second-order valence-corrected chi connectivity index (χ2v) is 9.37. The summed E-state index contributed by atoms with van der Waals surface area (Å²) < 4.78 is 38.7. The molecule has 0 saturated carbocycles. The van der Waals surface area contributed by atoms with Gasteiger partial charge in [0.1, 0.15) is 18.0 Å². The maximum Gasteiger partial charge on any atom is 0.269 e. The highest BCUT2D eigenvalue weighted by Crippen LogP contribution is 2.35. The number of nitrogens with one attached hydrogen (secondary N) is 1. The number of hydrogen-bond acceptors (Lipinski definition) is 8. The molecule has 188 valence electrons. The molecule has 3 aromatic rings.